The molecule has 0 aliphatic heterocycles. The lowest BCUT2D eigenvalue weighted by Crippen LogP contribution is -2.11. The molecule has 0 amide bonds. The van der Waals surface area contributed by atoms with Gasteiger partial charge in [0.05, 0.1) is 0 Å². The number of furan rings is 1. The second-order valence-electron chi connectivity index (χ2n) is 3.98. The van der Waals surface area contributed by atoms with Crippen LogP contribution in [0.5, 0.6) is 0 Å². The molecule has 0 radical (unpaired) electrons. The number of hydrogen-bond acceptors (Lipinski definition) is 5. The summed E-state index contributed by atoms with van der Waals surface area (Å²) in [5.74, 6) is -1.80. The summed E-state index contributed by atoms with van der Waals surface area (Å²) in [6.07, 6.45) is 0. The first kappa shape index (κ1) is 15.7. The molecule has 2 rings (SSSR count). The zero-order valence-corrected chi connectivity index (χ0v) is 12.8. The molecule has 0 fully saturated rings. The third-order valence-corrected chi connectivity index (χ3v) is 3.71. The molecule has 0 aliphatic rings. The summed E-state index contributed by atoms with van der Waals surface area (Å²) in [7, 11) is -4.03. The normalized spacial score (nSPS) is 11.4. The van der Waals surface area contributed by atoms with Gasteiger partial charge in [0, 0.05) is 10.0 Å². The zero-order valence-electron chi connectivity index (χ0n) is 10.4. The van der Waals surface area contributed by atoms with E-state index in [1.807, 2.05) is 0 Å². The predicted octanol–water partition coefficient (Wildman–Crippen LogP) is 2.19. The van der Waals surface area contributed by atoms with Gasteiger partial charge in [0.2, 0.25) is 10.9 Å². The molecule has 1 heterocycles. The first-order chi connectivity index (χ1) is 9.77. The van der Waals surface area contributed by atoms with Crippen molar-refractivity contribution in [2.24, 2.45) is 5.14 Å². The fourth-order valence-corrected chi connectivity index (χ4v) is 2.23. The van der Waals surface area contributed by atoms with Crippen molar-refractivity contribution < 1.29 is 26.8 Å². The van der Waals surface area contributed by atoms with Crippen LogP contribution in [0.3, 0.4) is 0 Å². The average molecular weight is 378 g/mol. The Morgan fingerprint density at radius 3 is 2.62 bits per heavy atom. The van der Waals surface area contributed by atoms with Gasteiger partial charge in [-0.25, -0.2) is 22.7 Å². The van der Waals surface area contributed by atoms with E-state index in [9.17, 15) is 17.6 Å². The lowest BCUT2D eigenvalue weighted by atomic mass is 10.2. The molecule has 21 heavy (non-hydrogen) atoms. The minimum Gasteiger partial charge on any atom is -0.455 e. The fraction of sp³-hybridized carbons (Fsp3) is 0.0833. The van der Waals surface area contributed by atoms with Crippen molar-refractivity contribution in [1.82, 2.24) is 0 Å². The highest BCUT2D eigenvalue weighted by Gasteiger charge is 2.18. The number of carbonyl (C=O) groups is 1. The number of primary sulfonamides is 1. The molecule has 0 aliphatic carbocycles. The summed E-state index contributed by atoms with van der Waals surface area (Å²) in [6, 6.07) is 6.42. The van der Waals surface area contributed by atoms with E-state index in [2.05, 4.69) is 15.9 Å². The molecule has 0 saturated carbocycles. The lowest BCUT2D eigenvalue weighted by Gasteiger charge is -2.04. The van der Waals surface area contributed by atoms with Gasteiger partial charge in [0.1, 0.15) is 12.4 Å². The van der Waals surface area contributed by atoms with Gasteiger partial charge in [0.15, 0.2) is 0 Å². The molecule has 1 aromatic heterocycles. The van der Waals surface area contributed by atoms with Crippen LogP contribution in [0.2, 0.25) is 0 Å². The Balaban J connectivity index is 2.07. The van der Waals surface area contributed by atoms with Crippen molar-refractivity contribution >= 4 is 31.9 Å². The molecule has 112 valence electrons. The van der Waals surface area contributed by atoms with Crippen LogP contribution < -0.4 is 5.14 Å². The molecule has 0 saturated heterocycles. The lowest BCUT2D eigenvalue weighted by molar-refractivity contribution is 0.0426. The number of benzene rings is 1. The van der Waals surface area contributed by atoms with Crippen molar-refractivity contribution in [1.29, 1.82) is 0 Å². The van der Waals surface area contributed by atoms with Gasteiger partial charge in [-0.3, -0.25) is 0 Å². The number of sulfonamides is 1. The van der Waals surface area contributed by atoms with Gasteiger partial charge in [-0.15, -0.1) is 0 Å². The molecule has 0 bridgehead atoms. The molecule has 1 aromatic carbocycles. The number of ether oxygens (including phenoxy) is 1. The first-order valence-electron chi connectivity index (χ1n) is 5.51. The van der Waals surface area contributed by atoms with Crippen LogP contribution in [0.4, 0.5) is 4.39 Å². The van der Waals surface area contributed by atoms with E-state index in [0.717, 1.165) is 12.1 Å². The smallest absolute Gasteiger partial charge is 0.374 e. The van der Waals surface area contributed by atoms with Crippen LogP contribution in [0.25, 0.3) is 0 Å². The Kier molecular flexibility index (Phi) is 4.45. The van der Waals surface area contributed by atoms with Crippen LogP contribution in [0, 0.1) is 5.82 Å². The first-order valence-corrected chi connectivity index (χ1v) is 7.85. The largest absolute Gasteiger partial charge is 0.455 e. The summed E-state index contributed by atoms with van der Waals surface area (Å²) >= 11 is 3.10. The van der Waals surface area contributed by atoms with Crippen LogP contribution in [-0.4, -0.2) is 14.4 Å². The Morgan fingerprint density at radius 2 is 2.05 bits per heavy atom. The molecule has 0 spiro atoms. The summed E-state index contributed by atoms with van der Waals surface area (Å²) in [5, 5.41) is 4.29. The summed E-state index contributed by atoms with van der Waals surface area (Å²) in [5.41, 5.74) is 0.171. The highest BCUT2D eigenvalue weighted by molar-refractivity contribution is 9.10. The number of halogens is 2. The van der Waals surface area contributed by atoms with E-state index in [-0.39, 0.29) is 17.9 Å². The van der Waals surface area contributed by atoms with E-state index in [4.69, 9.17) is 14.3 Å². The van der Waals surface area contributed by atoms with E-state index < -0.39 is 26.9 Å². The maximum absolute atomic E-state index is 13.5. The summed E-state index contributed by atoms with van der Waals surface area (Å²) in [4.78, 5) is 11.7. The minimum absolute atomic E-state index is 0.171. The third kappa shape index (κ3) is 3.90. The molecular weight excluding hydrogens is 369 g/mol. The van der Waals surface area contributed by atoms with Crippen LogP contribution in [0.15, 0.2) is 44.3 Å². The number of rotatable bonds is 4. The molecule has 0 unspecified atom stereocenters. The Morgan fingerprint density at radius 1 is 1.33 bits per heavy atom. The highest BCUT2D eigenvalue weighted by Crippen LogP contribution is 2.17. The number of esters is 1. The monoisotopic (exact) mass is 377 g/mol. The quantitative estimate of drug-likeness (QED) is 0.823. The van der Waals surface area contributed by atoms with Gasteiger partial charge in [-0.2, -0.15) is 0 Å². The van der Waals surface area contributed by atoms with Crippen molar-refractivity contribution in [2.75, 3.05) is 0 Å². The van der Waals surface area contributed by atoms with Crippen molar-refractivity contribution in [2.45, 2.75) is 11.7 Å². The minimum atomic E-state index is -4.03. The standard InChI is InChI=1S/C12H9BrFNO5S/c13-8-2-1-7(9(14)5-8)6-19-12(16)10-3-4-11(20-10)21(15,17)18/h1-5H,6H2,(H2,15,17,18). The van der Waals surface area contributed by atoms with Crippen LogP contribution in [0.1, 0.15) is 16.1 Å². The van der Waals surface area contributed by atoms with E-state index in [1.54, 1.807) is 6.07 Å². The summed E-state index contributed by atoms with van der Waals surface area (Å²) < 4.78 is 45.7. The van der Waals surface area contributed by atoms with Gasteiger partial charge < -0.3 is 9.15 Å². The van der Waals surface area contributed by atoms with E-state index >= 15 is 0 Å². The van der Waals surface area contributed by atoms with Gasteiger partial charge in [0.25, 0.3) is 10.0 Å². The van der Waals surface area contributed by atoms with E-state index in [0.29, 0.717) is 4.47 Å². The van der Waals surface area contributed by atoms with Crippen LogP contribution >= 0.6 is 15.9 Å². The average Bonchev–Trinajstić information content (AvgIpc) is 2.87. The Bertz CT molecular complexity index is 787. The number of nitrogens with two attached hydrogens (primary N) is 1. The maximum atomic E-state index is 13.5. The van der Waals surface area contributed by atoms with Crippen LogP contribution in [-0.2, 0) is 21.4 Å². The molecule has 2 aromatic rings. The highest BCUT2D eigenvalue weighted by atomic mass is 79.9. The zero-order chi connectivity index (χ0) is 15.6. The number of hydrogen-bond donors (Lipinski definition) is 1. The molecule has 6 nitrogen and oxygen atoms in total. The van der Waals surface area contributed by atoms with Crippen molar-refractivity contribution in [3.05, 3.63) is 51.9 Å². The summed E-state index contributed by atoms with van der Waals surface area (Å²) in [6.45, 7) is -0.316. The third-order valence-electron chi connectivity index (χ3n) is 2.44. The molecule has 2 N–H and O–H groups in total. The van der Waals surface area contributed by atoms with E-state index in [1.165, 1.54) is 12.1 Å². The fourth-order valence-electron chi connectivity index (χ4n) is 1.44. The Labute approximate surface area is 127 Å². The topological polar surface area (TPSA) is 99.6 Å². The SMILES string of the molecule is NS(=O)(=O)c1ccc(C(=O)OCc2ccc(Br)cc2F)o1. The molecule has 9 heteroatoms. The second-order valence-corrected chi connectivity index (χ2v) is 6.38. The van der Waals surface area contributed by atoms with Crippen molar-refractivity contribution in [3.8, 4) is 0 Å². The van der Waals surface area contributed by atoms with Gasteiger partial charge >= 0.3 is 5.97 Å². The predicted molar refractivity (Wildman–Crippen MR) is 73.3 cm³/mol. The van der Waals surface area contributed by atoms with Gasteiger partial charge in [-0.05, 0) is 24.3 Å². The molecule has 0 atom stereocenters. The Hall–Kier alpha value is -1.71. The van der Waals surface area contributed by atoms with Gasteiger partial charge in [-0.1, -0.05) is 22.0 Å². The number of carbonyl (C=O) groups excluding carboxylic acids is 1. The second kappa shape index (κ2) is 5.96. The molecular formula is C12H9BrFNO5S. The van der Waals surface area contributed by atoms with Crippen molar-refractivity contribution in [3.63, 3.8) is 0 Å². The maximum Gasteiger partial charge on any atom is 0.374 e.